The van der Waals surface area contributed by atoms with Gasteiger partial charge in [0, 0.05) is 12.4 Å². The SMILES string of the molecule is N#Cc1cccc2c1C=N/C=N\C1=C3C(=CC=C3N=N1)N=CCO2. The van der Waals surface area contributed by atoms with Gasteiger partial charge in [-0.05, 0) is 24.3 Å². The lowest BCUT2D eigenvalue weighted by Crippen LogP contribution is -2.03. The molecule has 0 atom stereocenters. The van der Waals surface area contributed by atoms with E-state index in [1.165, 1.54) is 6.34 Å². The molecule has 1 aromatic rings. The third kappa shape index (κ3) is 2.36. The van der Waals surface area contributed by atoms with Crippen molar-refractivity contribution in [2.75, 3.05) is 6.61 Å². The summed E-state index contributed by atoms with van der Waals surface area (Å²) in [4.78, 5) is 12.8. The third-order valence-electron chi connectivity index (χ3n) is 3.57. The molecular formula is C17H10N6O. The van der Waals surface area contributed by atoms with E-state index in [1.54, 1.807) is 30.6 Å². The van der Waals surface area contributed by atoms with Crippen LogP contribution in [0.5, 0.6) is 5.75 Å². The molecule has 0 N–H and O–H groups in total. The minimum Gasteiger partial charge on any atom is -0.487 e. The van der Waals surface area contributed by atoms with Gasteiger partial charge >= 0.3 is 0 Å². The Morgan fingerprint density at radius 1 is 1.08 bits per heavy atom. The second kappa shape index (κ2) is 5.85. The Morgan fingerprint density at radius 3 is 2.92 bits per heavy atom. The Bertz CT molecular complexity index is 969. The Labute approximate surface area is 137 Å². The number of azo groups is 1. The summed E-state index contributed by atoms with van der Waals surface area (Å²) in [5.41, 5.74) is 3.34. The van der Waals surface area contributed by atoms with Gasteiger partial charge in [-0.15, -0.1) is 10.2 Å². The molecule has 1 aliphatic carbocycles. The zero-order chi connectivity index (χ0) is 16.4. The highest BCUT2D eigenvalue weighted by atomic mass is 16.5. The normalized spacial score (nSPS) is 19.1. The van der Waals surface area contributed by atoms with Crippen LogP contribution in [0.2, 0.25) is 0 Å². The fourth-order valence-corrected chi connectivity index (χ4v) is 2.48. The van der Waals surface area contributed by atoms with Crippen LogP contribution >= 0.6 is 0 Å². The van der Waals surface area contributed by atoms with Crippen molar-refractivity contribution in [3.8, 4) is 11.8 Å². The van der Waals surface area contributed by atoms with Gasteiger partial charge in [0.2, 0.25) is 0 Å². The average Bonchev–Trinajstić information content (AvgIpc) is 3.18. The molecule has 2 heterocycles. The Hall–Kier alpha value is -3.66. The summed E-state index contributed by atoms with van der Waals surface area (Å²) < 4.78 is 5.72. The second-order valence-corrected chi connectivity index (χ2v) is 4.98. The van der Waals surface area contributed by atoms with E-state index in [-0.39, 0.29) is 6.61 Å². The van der Waals surface area contributed by atoms with Gasteiger partial charge in [0.25, 0.3) is 0 Å². The van der Waals surface area contributed by atoms with Gasteiger partial charge in [0.15, 0.2) is 5.82 Å². The molecule has 24 heavy (non-hydrogen) atoms. The van der Waals surface area contributed by atoms with E-state index in [1.807, 2.05) is 12.2 Å². The molecule has 0 bridgehead atoms. The standard InChI is InChI=1S/C17H10N6O/c18-8-11-2-1-3-15-12(11)9-19-10-21-17-16-13(20-6-7-24-15)4-5-14(16)22-23-17/h1-6,9-10H,7H2/b19-9?,20-6?,21-10-. The van der Waals surface area contributed by atoms with Crippen LogP contribution in [0.15, 0.2) is 78.3 Å². The Kier molecular flexibility index (Phi) is 3.41. The second-order valence-electron chi connectivity index (χ2n) is 4.98. The summed E-state index contributed by atoms with van der Waals surface area (Å²) in [6.07, 6.45) is 8.29. The number of nitrogens with zero attached hydrogens (tertiary/aromatic N) is 6. The highest BCUT2D eigenvalue weighted by Crippen LogP contribution is 2.36. The van der Waals surface area contributed by atoms with Crippen molar-refractivity contribution in [1.29, 1.82) is 5.26 Å². The first kappa shape index (κ1) is 14.0. The molecule has 7 nitrogen and oxygen atoms in total. The van der Waals surface area contributed by atoms with Crippen molar-refractivity contribution >= 4 is 18.8 Å². The van der Waals surface area contributed by atoms with Crippen LogP contribution in [0.1, 0.15) is 11.1 Å². The molecule has 114 valence electrons. The van der Waals surface area contributed by atoms with Gasteiger partial charge in [-0.25, -0.2) is 9.98 Å². The van der Waals surface area contributed by atoms with Crippen molar-refractivity contribution in [3.05, 3.63) is 64.3 Å². The van der Waals surface area contributed by atoms with Crippen molar-refractivity contribution in [1.82, 2.24) is 0 Å². The fourth-order valence-electron chi connectivity index (χ4n) is 2.48. The maximum atomic E-state index is 9.25. The van der Waals surface area contributed by atoms with E-state index >= 15 is 0 Å². The van der Waals surface area contributed by atoms with Crippen LogP contribution in [0.25, 0.3) is 0 Å². The maximum absolute atomic E-state index is 9.25. The van der Waals surface area contributed by atoms with Crippen LogP contribution in [-0.4, -0.2) is 25.4 Å². The lowest BCUT2D eigenvalue weighted by molar-refractivity contribution is 0.380. The van der Waals surface area contributed by atoms with E-state index in [9.17, 15) is 5.26 Å². The highest BCUT2D eigenvalue weighted by Gasteiger charge is 2.24. The van der Waals surface area contributed by atoms with Crippen LogP contribution in [-0.2, 0) is 0 Å². The molecule has 0 spiro atoms. The number of hydrogen-bond donors (Lipinski definition) is 0. The van der Waals surface area contributed by atoms with E-state index in [2.05, 4.69) is 31.3 Å². The minimum atomic E-state index is 0.264. The number of rotatable bonds is 0. The Morgan fingerprint density at radius 2 is 2.00 bits per heavy atom. The zero-order valence-corrected chi connectivity index (χ0v) is 12.4. The Balaban J connectivity index is 1.77. The quantitative estimate of drug-likeness (QED) is 0.736. The first-order valence-electron chi connectivity index (χ1n) is 7.20. The lowest BCUT2D eigenvalue weighted by Gasteiger charge is -2.07. The molecular weight excluding hydrogens is 304 g/mol. The van der Waals surface area contributed by atoms with E-state index < -0.39 is 0 Å². The van der Waals surface area contributed by atoms with Gasteiger partial charge in [0.05, 0.1) is 34.2 Å². The molecule has 0 fully saturated rings. The van der Waals surface area contributed by atoms with Gasteiger partial charge in [-0.1, -0.05) is 6.07 Å². The molecule has 2 aliphatic heterocycles. The molecule has 0 saturated carbocycles. The number of allylic oxidation sites excluding steroid dienone is 2. The fraction of sp³-hybridized carbons (Fsp3) is 0.0588. The molecule has 0 unspecified atom stereocenters. The zero-order valence-electron chi connectivity index (χ0n) is 12.4. The molecule has 1 aromatic carbocycles. The number of fused-ring (bicyclic) bond motifs is 1. The van der Waals surface area contributed by atoms with Crippen LogP contribution in [0, 0.1) is 11.3 Å². The largest absolute Gasteiger partial charge is 0.487 e. The van der Waals surface area contributed by atoms with E-state index in [4.69, 9.17) is 4.74 Å². The average molecular weight is 314 g/mol. The highest BCUT2D eigenvalue weighted by molar-refractivity contribution is 5.91. The maximum Gasteiger partial charge on any atom is 0.187 e. The number of nitriles is 1. The predicted octanol–water partition coefficient (Wildman–Crippen LogP) is 2.93. The third-order valence-corrected chi connectivity index (χ3v) is 3.57. The van der Waals surface area contributed by atoms with Crippen LogP contribution in [0.4, 0.5) is 0 Å². The summed E-state index contributed by atoms with van der Waals surface area (Å²) in [6, 6.07) is 7.39. The minimum absolute atomic E-state index is 0.264. The monoisotopic (exact) mass is 314 g/mol. The molecule has 0 radical (unpaired) electrons. The summed E-state index contributed by atoms with van der Waals surface area (Å²) in [6.45, 7) is 0.264. The predicted molar refractivity (Wildman–Crippen MR) is 89.3 cm³/mol. The molecule has 0 amide bonds. The molecule has 3 aliphatic rings. The molecule has 4 rings (SSSR count). The summed E-state index contributed by atoms with van der Waals surface area (Å²) >= 11 is 0. The van der Waals surface area contributed by atoms with E-state index in [0.29, 0.717) is 22.7 Å². The van der Waals surface area contributed by atoms with E-state index in [0.717, 1.165) is 17.0 Å². The van der Waals surface area contributed by atoms with Crippen molar-refractivity contribution in [3.63, 3.8) is 0 Å². The summed E-state index contributed by atoms with van der Waals surface area (Å²) in [7, 11) is 0. The number of hydrogen-bond acceptors (Lipinski definition) is 7. The van der Waals surface area contributed by atoms with Crippen molar-refractivity contribution in [2.24, 2.45) is 25.2 Å². The van der Waals surface area contributed by atoms with Crippen LogP contribution < -0.4 is 4.74 Å². The van der Waals surface area contributed by atoms with Crippen molar-refractivity contribution < 1.29 is 4.74 Å². The number of benzene rings is 1. The lowest BCUT2D eigenvalue weighted by atomic mass is 10.1. The topological polar surface area (TPSA) is 94.8 Å². The molecule has 0 aromatic heterocycles. The van der Waals surface area contributed by atoms with Crippen molar-refractivity contribution in [2.45, 2.75) is 0 Å². The molecule has 0 saturated heterocycles. The summed E-state index contributed by atoms with van der Waals surface area (Å²) in [5.74, 6) is 1.03. The smallest absolute Gasteiger partial charge is 0.187 e. The first-order chi connectivity index (χ1) is 11.9. The number of aliphatic imine (C=N–C) groups is 3. The van der Waals surface area contributed by atoms with Gasteiger partial charge in [-0.3, -0.25) is 4.99 Å². The van der Waals surface area contributed by atoms with Crippen LogP contribution in [0.3, 0.4) is 0 Å². The van der Waals surface area contributed by atoms with Gasteiger partial charge < -0.3 is 4.74 Å². The summed E-state index contributed by atoms with van der Waals surface area (Å²) in [5, 5.41) is 17.3. The molecule has 7 heteroatoms. The first-order valence-corrected chi connectivity index (χ1v) is 7.20. The van der Waals surface area contributed by atoms with Gasteiger partial charge in [0.1, 0.15) is 18.7 Å². The van der Waals surface area contributed by atoms with Gasteiger partial charge in [-0.2, -0.15) is 5.26 Å². The number of ether oxygens (including phenoxy) is 1.